The van der Waals surface area contributed by atoms with E-state index in [4.69, 9.17) is 4.74 Å². The zero-order valence-electron chi connectivity index (χ0n) is 30.9. The van der Waals surface area contributed by atoms with Gasteiger partial charge in [0.25, 0.3) is 0 Å². The lowest BCUT2D eigenvalue weighted by Crippen LogP contribution is -2.62. The number of aliphatic hydroxyl groups excluding tert-OH is 1. The minimum Gasteiger partial charge on any atom is -0.391 e. The zero-order chi connectivity index (χ0) is 37.3. The van der Waals surface area contributed by atoms with Gasteiger partial charge in [0.1, 0.15) is 23.7 Å². The van der Waals surface area contributed by atoms with Crippen molar-refractivity contribution >= 4 is 47.2 Å². The van der Waals surface area contributed by atoms with Gasteiger partial charge in [-0.2, -0.15) is 11.8 Å². The van der Waals surface area contributed by atoms with Crippen molar-refractivity contribution in [2.24, 2.45) is 17.8 Å². The molecule has 0 aromatic carbocycles. The van der Waals surface area contributed by atoms with Crippen LogP contribution >= 0.6 is 11.8 Å². The van der Waals surface area contributed by atoms with E-state index in [-0.39, 0.29) is 60.6 Å². The highest BCUT2D eigenvalue weighted by atomic mass is 32.2. The van der Waals surface area contributed by atoms with Gasteiger partial charge in [-0.25, -0.2) is 4.79 Å². The monoisotopic (exact) mass is 724 g/mol. The third-order valence-electron chi connectivity index (χ3n) is 10.2. The quantitative estimate of drug-likeness (QED) is 0.0520. The number of fused-ring (bicyclic) bond motifs is 1. The molecule has 0 aromatic heterocycles. The molecule has 11 unspecified atom stereocenters. The van der Waals surface area contributed by atoms with Crippen LogP contribution in [0.25, 0.3) is 0 Å². The number of epoxide rings is 1. The molecule has 0 bridgehead atoms. The molecule has 0 aliphatic carbocycles. The van der Waals surface area contributed by atoms with E-state index in [0.717, 1.165) is 18.6 Å². The molecule has 0 radical (unpaired) electrons. The highest BCUT2D eigenvalue weighted by Crippen LogP contribution is 2.33. The predicted molar refractivity (Wildman–Crippen MR) is 191 cm³/mol. The van der Waals surface area contributed by atoms with Crippen molar-refractivity contribution in [3.8, 4) is 0 Å². The maximum Gasteiger partial charge on any atom is 0.315 e. The SMILES string of the molecule is CCC(C)C(NC(=O)CCCCC1SCC2NC(=O)NC21)C(=O)NC(C(=O)NC(C(=O)NC(CC(C)C)C(=O)C1(C)CO1)C(C)O)C(C)CC. The van der Waals surface area contributed by atoms with Crippen LogP contribution in [0.15, 0.2) is 0 Å². The summed E-state index contributed by atoms with van der Waals surface area (Å²) in [6, 6.07) is -4.07. The fraction of sp³-hybridized carbons (Fsp3) is 0.829. The highest BCUT2D eigenvalue weighted by Gasteiger charge is 2.50. The maximum absolute atomic E-state index is 13.7. The van der Waals surface area contributed by atoms with Gasteiger partial charge in [-0.1, -0.05) is 60.8 Å². The minimum atomic E-state index is -1.39. The van der Waals surface area contributed by atoms with E-state index >= 15 is 0 Å². The smallest absolute Gasteiger partial charge is 0.315 e. The minimum absolute atomic E-state index is 0.0780. The number of aliphatic hydroxyl groups is 1. The molecule has 15 heteroatoms. The van der Waals surface area contributed by atoms with Crippen LogP contribution < -0.4 is 31.9 Å². The predicted octanol–water partition coefficient (Wildman–Crippen LogP) is 1.53. The largest absolute Gasteiger partial charge is 0.391 e. The zero-order valence-corrected chi connectivity index (χ0v) is 31.7. The number of carbonyl (C=O) groups excluding carboxylic acids is 6. The summed E-state index contributed by atoms with van der Waals surface area (Å²) in [7, 11) is 0. The van der Waals surface area contributed by atoms with Crippen LogP contribution in [0.1, 0.15) is 100 Å². The van der Waals surface area contributed by atoms with Crippen molar-refractivity contribution < 1.29 is 38.6 Å². The molecule has 14 nitrogen and oxygen atoms in total. The van der Waals surface area contributed by atoms with Crippen molar-refractivity contribution in [1.82, 2.24) is 31.9 Å². The van der Waals surface area contributed by atoms with E-state index in [9.17, 15) is 33.9 Å². The molecule has 284 valence electrons. The van der Waals surface area contributed by atoms with Crippen LogP contribution in [0.3, 0.4) is 0 Å². The molecular weight excluding hydrogens is 664 g/mol. The average Bonchev–Trinajstić information content (AvgIpc) is 3.55. The molecule has 0 aromatic rings. The Kier molecular flexibility index (Phi) is 15.4. The van der Waals surface area contributed by atoms with Gasteiger partial charge < -0.3 is 41.7 Å². The van der Waals surface area contributed by atoms with Crippen LogP contribution in [-0.2, 0) is 28.7 Å². The van der Waals surface area contributed by atoms with E-state index in [1.54, 1.807) is 13.8 Å². The number of nitrogens with one attached hydrogen (secondary N) is 6. The molecule has 3 heterocycles. The van der Waals surface area contributed by atoms with E-state index in [0.29, 0.717) is 30.9 Å². The van der Waals surface area contributed by atoms with Gasteiger partial charge in [-0.15, -0.1) is 0 Å². The van der Waals surface area contributed by atoms with Crippen molar-refractivity contribution in [1.29, 1.82) is 0 Å². The summed E-state index contributed by atoms with van der Waals surface area (Å²) in [6.45, 7) is 14.6. The Hall–Kier alpha value is -2.91. The van der Waals surface area contributed by atoms with Gasteiger partial charge in [-0.3, -0.25) is 24.0 Å². The fourth-order valence-corrected chi connectivity index (χ4v) is 7.94. The average molecular weight is 725 g/mol. The Balaban J connectivity index is 1.60. The van der Waals surface area contributed by atoms with E-state index in [2.05, 4.69) is 31.9 Å². The molecule has 11 atom stereocenters. The van der Waals surface area contributed by atoms with Gasteiger partial charge in [0.15, 0.2) is 5.78 Å². The number of unbranched alkanes of at least 4 members (excludes halogenated alkanes) is 1. The second-order valence-electron chi connectivity index (χ2n) is 15.0. The standard InChI is InChI=1S/C35H60N6O8S/c1-9-19(5)26(38-25(43)14-12-11-13-24-29-23(16-50-24)37-34(48)41-29)31(45)39-27(20(6)10-2)32(46)40-28(21(7)42)33(47)36-22(15-18(3)4)30(44)35(8)17-49-35/h18-24,26-29,42H,9-17H2,1-8H3,(H,36,47)(H,38,43)(H,39,45)(H,40,46)(H2,37,41,48). The molecule has 6 amide bonds. The molecule has 3 rings (SSSR count). The van der Waals surface area contributed by atoms with Gasteiger partial charge >= 0.3 is 6.03 Å². The van der Waals surface area contributed by atoms with Crippen molar-refractivity contribution in [3.63, 3.8) is 0 Å². The lowest BCUT2D eigenvalue weighted by molar-refractivity contribution is -0.137. The normalized spacial score (nSPS) is 26.6. The van der Waals surface area contributed by atoms with E-state index < -0.39 is 53.6 Å². The number of urea groups is 1. The van der Waals surface area contributed by atoms with Gasteiger partial charge in [0, 0.05) is 17.4 Å². The Bertz CT molecular complexity index is 1230. The molecule has 0 saturated carbocycles. The lowest BCUT2D eigenvalue weighted by Gasteiger charge is -2.31. The van der Waals surface area contributed by atoms with E-state index in [1.807, 2.05) is 46.4 Å². The first kappa shape index (κ1) is 41.5. The molecule has 3 saturated heterocycles. The molecule has 7 N–H and O–H groups in total. The molecule has 0 spiro atoms. The van der Waals surface area contributed by atoms with Crippen molar-refractivity contribution in [2.75, 3.05) is 12.4 Å². The summed E-state index contributed by atoms with van der Waals surface area (Å²) < 4.78 is 5.31. The molecule has 3 aliphatic rings. The number of ether oxygens (including phenoxy) is 1. The number of carbonyl (C=O) groups is 6. The first-order valence-electron chi connectivity index (χ1n) is 18.3. The third-order valence-corrected chi connectivity index (χ3v) is 11.7. The first-order valence-corrected chi connectivity index (χ1v) is 19.3. The third kappa shape index (κ3) is 11.3. The van der Waals surface area contributed by atoms with Crippen LogP contribution in [0, 0.1) is 17.8 Å². The Labute approximate surface area is 300 Å². The summed E-state index contributed by atoms with van der Waals surface area (Å²) in [5.41, 5.74) is -0.962. The number of rotatable bonds is 21. The van der Waals surface area contributed by atoms with Crippen molar-refractivity contribution in [2.45, 2.75) is 154 Å². The van der Waals surface area contributed by atoms with Gasteiger partial charge in [0.2, 0.25) is 23.6 Å². The summed E-state index contributed by atoms with van der Waals surface area (Å²) >= 11 is 1.83. The first-order chi connectivity index (χ1) is 23.5. The second-order valence-corrected chi connectivity index (χ2v) is 16.2. The fourth-order valence-electron chi connectivity index (χ4n) is 6.40. The summed E-state index contributed by atoms with van der Waals surface area (Å²) in [5, 5.41) is 27.8. The Morgan fingerprint density at radius 3 is 1.98 bits per heavy atom. The Morgan fingerprint density at radius 1 is 0.880 bits per heavy atom. The second kappa shape index (κ2) is 18.5. The number of hydrogen-bond acceptors (Lipinski definition) is 9. The van der Waals surface area contributed by atoms with Crippen molar-refractivity contribution in [3.05, 3.63) is 0 Å². The van der Waals surface area contributed by atoms with Gasteiger partial charge in [0.05, 0.1) is 30.8 Å². The number of hydrogen-bond donors (Lipinski definition) is 7. The van der Waals surface area contributed by atoms with Crippen LogP contribution in [0.4, 0.5) is 4.79 Å². The molecule has 50 heavy (non-hydrogen) atoms. The lowest BCUT2D eigenvalue weighted by atomic mass is 9.93. The van der Waals surface area contributed by atoms with Crippen LogP contribution in [-0.4, -0.2) is 106 Å². The summed E-state index contributed by atoms with van der Waals surface area (Å²) in [5.74, 6) is -2.03. The number of amides is 6. The topological polar surface area (TPSA) is 207 Å². The highest BCUT2D eigenvalue weighted by molar-refractivity contribution is 8.00. The number of thioether (sulfide) groups is 1. The van der Waals surface area contributed by atoms with Crippen LogP contribution in [0.2, 0.25) is 0 Å². The summed E-state index contributed by atoms with van der Waals surface area (Å²) in [6.07, 6.45) is 2.72. The maximum atomic E-state index is 13.7. The molecule has 3 aliphatic heterocycles. The van der Waals surface area contributed by atoms with Gasteiger partial charge in [-0.05, 0) is 50.9 Å². The Morgan fingerprint density at radius 2 is 1.44 bits per heavy atom. The van der Waals surface area contributed by atoms with E-state index in [1.165, 1.54) is 6.92 Å². The number of Topliss-reactive ketones (excluding diaryl/α,β-unsaturated/α-hetero) is 1. The number of ketones is 1. The molecular formula is C35H60N6O8S. The molecule has 3 fully saturated rings. The summed E-state index contributed by atoms with van der Waals surface area (Å²) in [4.78, 5) is 78.6. The van der Waals surface area contributed by atoms with Crippen LogP contribution in [0.5, 0.6) is 0 Å².